The van der Waals surface area contributed by atoms with Crippen LogP contribution in [0.3, 0.4) is 0 Å². The molecule has 0 bridgehead atoms. The van der Waals surface area contributed by atoms with Crippen LogP contribution in [-0.2, 0) is 25.5 Å². The molecule has 4 rings (SSSR count). The number of benzene rings is 2. The van der Waals surface area contributed by atoms with E-state index in [0.29, 0.717) is 45.2 Å². The van der Waals surface area contributed by atoms with E-state index in [4.69, 9.17) is 9.47 Å². The van der Waals surface area contributed by atoms with Crippen molar-refractivity contribution in [3.63, 3.8) is 0 Å². The summed E-state index contributed by atoms with van der Waals surface area (Å²) in [4.78, 5) is 68.0. The van der Waals surface area contributed by atoms with Crippen molar-refractivity contribution < 1.29 is 33.4 Å². The molecule has 2 saturated heterocycles. The number of urea groups is 1. The number of ether oxygens (including phenoxy) is 2. The molecule has 46 heavy (non-hydrogen) atoms. The van der Waals surface area contributed by atoms with Crippen LogP contribution in [0.4, 0.5) is 10.5 Å². The first-order valence-electron chi connectivity index (χ1n) is 16.0. The van der Waals surface area contributed by atoms with Gasteiger partial charge in [0.25, 0.3) is 0 Å². The van der Waals surface area contributed by atoms with Crippen LogP contribution in [0.15, 0.2) is 48.5 Å². The van der Waals surface area contributed by atoms with Gasteiger partial charge < -0.3 is 35.2 Å². The molecule has 1 atom stereocenters. The van der Waals surface area contributed by atoms with Gasteiger partial charge in [-0.2, -0.15) is 0 Å². The Kier molecular flexibility index (Phi) is 12.1. The van der Waals surface area contributed by atoms with Crippen LogP contribution in [0.25, 0.3) is 0 Å². The monoisotopic (exact) mass is 635 g/mol. The van der Waals surface area contributed by atoms with Crippen LogP contribution < -0.4 is 16.0 Å². The quantitative estimate of drug-likeness (QED) is 0.224. The van der Waals surface area contributed by atoms with Crippen molar-refractivity contribution >= 4 is 35.5 Å². The van der Waals surface area contributed by atoms with Crippen LogP contribution in [0.1, 0.15) is 71.7 Å². The fourth-order valence-electron chi connectivity index (χ4n) is 6.22. The van der Waals surface area contributed by atoms with Crippen LogP contribution >= 0.6 is 0 Å². The summed E-state index contributed by atoms with van der Waals surface area (Å²) < 4.78 is 9.45. The summed E-state index contributed by atoms with van der Waals surface area (Å²) in [5.41, 5.74) is 0.896. The Hall–Kier alpha value is -4.45. The van der Waals surface area contributed by atoms with Gasteiger partial charge in [0.1, 0.15) is 11.6 Å². The highest BCUT2D eigenvalue weighted by atomic mass is 16.5. The summed E-state index contributed by atoms with van der Waals surface area (Å²) in [6.45, 7) is 5.35. The average molecular weight is 636 g/mol. The maximum Gasteiger partial charge on any atom is 0.337 e. The molecule has 12 heteroatoms. The fourth-order valence-corrected chi connectivity index (χ4v) is 6.22. The lowest BCUT2D eigenvalue weighted by Crippen LogP contribution is -2.72. The van der Waals surface area contributed by atoms with Crippen molar-refractivity contribution in [2.45, 2.75) is 63.5 Å². The number of rotatable bonds is 13. The van der Waals surface area contributed by atoms with E-state index < -0.39 is 29.6 Å². The highest BCUT2D eigenvalue weighted by Crippen LogP contribution is 2.34. The first-order chi connectivity index (χ1) is 22.2. The number of anilines is 1. The van der Waals surface area contributed by atoms with Gasteiger partial charge in [-0.1, -0.05) is 37.3 Å². The molecule has 0 radical (unpaired) electrons. The van der Waals surface area contributed by atoms with Gasteiger partial charge in [-0.15, -0.1) is 0 Å². The van der Waals surface area contributed by atoms with Gasteiger partial charge in [0.2, 0.25) is 11.8 Å². The average Bonchev–Trinajstić information content (AvgIpc) is 3.07. The summed E-state index contributed by atoms with van der Waals surface area (Å²) in [6, 6.07) is 13.4. The van der Waals surface area contributed by atoms with Crippen molar-refractivity contribution in [3.05, 3.63) is 65.2 Å². The van der Waals surface area contributed by atoms with E-state index in [9.17, 15) is 24.0 Å². The summed E-state index contributed by atoms with van der Waals surface area (Å²) in [7, 11) is 2.44. The predicted octanol–water partition coefficient (Wildman–Crippen LogP) is 3.37. The Labute approximate surface area is 270 Å². The second kappa shape index (κ2) is 16.2. The van der Waals surface area contributed by atoms with E-state index >= 15 is 0 Å². The minimum Gasteiger partial charge on any atom is -0.465 e. The predicted molar refractivity (Wildman–Crippen MR) is 172 cm³/mol. The zero-order valence-corrected chi connectivity index (χ0v) is 26.9. The van der Waals surface area contributed by atoms with Gasteiger partial charge in [0.15, 0.2) is 0 Å². The largest absolute Gasteiger partial charge is 0.465 e. The molecular formula is C34H45N5O7. The first-order valence-corrected chi connectivity index (χ1v) is 16.0. The number of nitrogens with one attached hydrogen (secondary N) is 3. The summed E-state index contributed by atoms with van der Waals surface area (Å²) in [5.74, 6) is -1.42. The molecular weight excluding hydrogens is 590 g/mol. The van der Waals surface area contributed by atoms with Crippen LogP contribution in [0, 0.1) is 0 Å². The third-order valence-corrected chi connectivity index (χ3v) is 8.74. The van der Waals surface area contributed by atoms with Crippen molar-refractivity contribution in [1.29, 1.82) is 0 Å². The molecule has 2 fully saturated rings. The molecule has 2 heterocycles. The number of hydrogen-bond acceptors (Lipinski definition) is 8. The molecule has 0 aromatic heterocycles. The number of esters is 2. The van der Waals surface area contributed by atoms with Crippen LogP contribution in [-0.4, -0.2) is 98.1 Å². The maximum absolute atomic E-state index is 13.6. The van der Waals surface area contributed by atoms with Crippen LogP contribution in [0.2, 0.25) is 0 Å². The minimum absolute atomic E-state index is 0.0308. The number of amides is 4. The van der Waals surface area contributed by atoms with Gasteiger partial charge in [-0.25, -0.2) is 14.4 Å². The van der Waals surface area contributed by atoms with E-state index in [-0.39, 0.29) is 28.6 Å². The second-order valence-corrected chi connectivity index (χ2v) is 11.8. The summed E-state index contributed by atoms with van der Waals surface area (Å²) in [5, 5.41) is 8.40. The number of likely N-dealkylation sites (tertiary alicyclic amines) is 1. The van der Waals surface area contributed by atoms with Crippen molar-refractivity contribution in [3.8, 4) is 0 Å². The maximum atomic E-state index is 13.6. The van der Waals surface area contributed by atoms with Gasteiger partial charge in [0, 0.05) is 38.4 Å². The minimum atomic E-state index is -0.800. The molecule has 4 amide bonds. The van der Waals surface area contributed by atoms with E-state index in [1.54, 1.807) is 0 Å². The lowest BCUT2D eigenvalue weighted by Gasteiger charge is -2.51. The van der Waals surface area contributed by atoms with E-state index in [0.717, 1.165) is 32.5 Å². The number of carbonyl (C=O) groups is 5. The van der Waals surface area contributed by atoms with Gasteiger partial charge >= 0.3 is 18.0 Å². The highest BCUT2D eigenvalue weighted by Gasteiger charge is 2.53. The molecule has 2 aromatic rings. The molecule has 3 N–H and O–H groups in total. The SMILES string of the molecule is CCCN1C(=O)[C@H](CCCCNC(=O)Nc2cc(C(=O)OC)cc(C(=O)OC)c2)NC(=O)C12CCN(CCc1ccccc1)CC2. The number of nitrogens with zero attached hydrogens (tertiary/aromatic N) is 2. The summed E-state index contributed by atoms with van der Waals surface area (Å²) in [6.07, 6.45) is 4.63. The summed E-state index contributed by atoms with van der Waals surface area (Å²) >= 11 is 0. The normalized spacial score (nSPS) is 17.7. The van der Waals surface area contributed by atoms with E-state index in [2.05, 4.69) is 33.0 Å². The zero-order chi connectivity index (χ0) is 33.1. The molecule has 248 valence electrons. The standard InChI is InChI=1S/C34H45N5O7/c1-4-17-39-29(40)28(37-32(43)34(39)14-19-38(20-15-34)18-13-24-10-6-5-7-11-24)12-8-9-16-35-33(44)36-27-22-25(30(41)45-2)21-26(23-27)31(42)46-3/h5-7,10-11,21-23,28H,4,8-9,12-20H2,1-3H3,(H,37,43)(H2,35,36,44)/t28-/m0/s1. The lowest BCUT2D eigenvalue weighted by molar-refractivity contribution is -0.161. The number of piperidine rings is 1. The van der Waals surface area contributed by atoms with Crippen LogP contribution in [0.5, 0.6) is 0 Å². The third kappa shape index (κ3) is 8.42. The lowest BCUT2D eigenvalue weighted by atomic mass is 9.81. The number of carbonyl (C=O) groups excluding carboxylic acids is 5. The molecule has 0 aliphatic carbocycles. The molecule has 2 aromatic carbocycles. The Balaban J connectivity index is 1.24. The second-order valence-electron chi connectivity index (χ2n) is 11.8. The third-order valence-electron chi connectivity index (χ3n) is 8.74. The Bertz CT molecular complexity index is 1360. The number of methoxy groups -OCH3 is 2. The number of piperazine rings is 1. The molecule has 0 unspecified atom stereocenters. The fraction of sp³-hybridized carbons (Fsp3) is 0.500. The van der Waals surface area contributed by atoms with E-state index in [1.807, 2.05) is 30.0 Å². The molecule has 2 aliphatic rings. The van der Waals surface area contributed by atoms with Crippen molar-refractivity contribution in [2.75, 3.05) is 52.3 Å². The van der Waals surface area contributed by atoms with Gasteiger partial charge in [-0.05, 0) is 68.7 Å². The molecule has 0 saturated carbocycles. The van der Waals surface area contributed by atoms with Crippen molar-refractivity contribution in [1.82, 2.24) is 20.4 Å². The number of unbranched alkanes of at least 4 members (excludes halogenated alkanes) is 1. The zero-order valence-electron chi connectivity index (χ0n) is 26.9. The van der Waals surface area contributed by atoms with Gasteiger partial charge in [0.05, 0.1) is 25.3 Å². The van der Waals surface area contributed by atoms with Crippen molar-refractivity contribution in [2.24, 2.45) is 0 Å². The Morgan fingerprint density at radius 1 is 0.935 bits per heavy atom. The Morgan fingerprint density at radius 3 is 2.20 bits per heavy atom. The Morgan fingerprint density at radius 2 is 1.59 bits per heavy atom. The number of hydrogen-bond donors (Lipinski definition) is 3. The first kappa shape index (κ1) is 34.4. The van der Waals surface area contributed by atoms with Gasteiger partial charge in [-0.3, -0.25) is 9.59 Å². The molecule has 12 nitrogen and oxygen atoms in total. The topological polar surface area (TPSA) is 146 Å². The molecule has 1 spiro atoms. The van der Waals surface area contributed by atoms with E-state index in [1.165, 1.54) is 38.0 Å². The molecule has 2 aliphatic heterocycles. The smallest absolute Gasteiger partial charge is 0.337 e. The highest BCUT2D eigenvalue weighted by molar-refractivity contribution is 6.00.